The number of piperazine rings is 1. The molecule has 1 saturated heterocycles. The lowest BCUT2D eigenvalue weighted by Crippen LogP contribution is -2.44. The third kappa shape index (κ3) is 4.85. The number of likely N-dealkylation sites (N-methyl/N-ethyl adjacent to an activating group) is 1. The SMILES string of the molecule is COc1ccc(N(C(=O)c2ccc(Cl)cc2)c2ccc(Cl)cc2)cc1N1CCN(C)CC1. The topological polar surface area (TPSA) is 36.0 Å². The molecule has 0 spiro atoms. The molecule has 3 aromatic rings. The predicted octanol–water partition coefficient (Wildman–Crippen LogP) is 5.73. The largest absolute Gasteiger partial charge is 0.495 e. The fraction of sp³-hybridized carbons (Fsp3) is 0.240. The van der Waals surface area contributed by atoms with Gasteiger partial charge in [-0.3, -0.25) is 9.69 Å². The monoisotopic (exact) mass is 469 g/mol. The molecule has 0 bridgehead atoms. The molecule has 4 rings (SSSR count). The first-order chi connectivity index (χ1) is 15.5. The van der Waals surface area contributed by atoms with E-state index in [1.165, 1.54) is 0 Å². The van der Waals surface area contributed by atoms with Crippen molar-refractivity contribution >= 4 is 46.2 Å². The zero-order valence-corrected chi connectivity index (χ0v) is 19.6. The Labute approximate surface area is 198 Å². The first-order valence-electron chi connectivity index (χ1n) is 10.4. The van der Waals surface area contributed by atoms with Gasteiger partial charge in [0.15, 0.2) is 0 Å². The number of halogens is 2. The first-order valence-corrected chi connectivity index (χ1v) is 11.2. The highest BCUT2D eigenvalue weighted by Gasteiger charge is 2.24. The van der Waals surface area contributed by atoms with Crippen molar-refractivity contribution < 1.29 is 9.53 Å². The van der Waals surface area contributed by atoms with E-state index in [1.54, 1.807) is 48.4 Å². The van der Waals surface area contributed by atoms with E-state index in [9.17, 15) is 4.79 Å². The first kappa shape index (κ1) is 22.5. The molecule has 1 fully saturated rings. The predicted molar refractivity (Wildman–Crippen MR) is 132 cm³/mol. The van der Waals surface area contributed by atoms with Crippen molar-refractivity contribution in [1.82, 2.24) is 4.90 Å². The summed E-state index contributed by atoms with van der Waals surface area (Å²) in [6.45, 7) is 3.72. The van der Waals surface area contributed by atoms with Crippen LogP contribution in [0.15, 0.2) is 66.7 Å². The summed E-state index contributed by atoms with van der Waals surface area (Å²) in [5.41, 5.74) is 2.99. The molecule has 0 atom stereocenters. The lowest BCUT2D eigenvalue weighted by molar-refractivity contribution is 0.0999. The molecule has 1 aliphatic rings. The van der Waals surface area contributed by atoms with Gasteiger partial charge in [0.25, 0.3) is 5.91 Å². The van der Waals surface area contributed by atoms with Crippen molar-refractivity contribution in [3.05, 3.63) is 82.3 Å². The molecule has 5 nitrogen and oxygen atoms in total. The van der Waals surface area contributed by atoms with Crippen molar-refractivity contribution in [2.24, 2.45) is 0 Å². The standard InChI is InChI=1S/C25H25Cl2N3O2/c1-28-13-15-29(16-14-28)23-17-22(11-12-24(23)32-2)30(21-9-7-20(27)8-10-21)25(31)18-3-5-19(26)6-4-18/h3-12,17H,13-16H2,1-2H3. The summed E-state index contributed by atoms with van der Waals surface area (Å²) in [6.07, 6.45) is 0. The van der Waals surface area contributed by atoms with Gasteiger partial charge >= 0.3 is 0 Å². The Balaban J connectivity index is 1.78. The third-order valence-electron chi connectivity index (χ3n) is 5.64. The second kappa shape index (κ2) is 9.82. The zero-order chi connectivity index (χ0) is 22.7. The highest BCUT2D eigenvalue weighted by Crippen LogP contribution is 2.37. The number of nitrogens with zero attached hydrogens (tertiary/aromatic N) is 3. The van der Waals surface area contributed by atoms with Gasteiger partial charge < -0.3 is 14.5 Å². The summed E-state index contributed by atoms with van der Waals surface area (Å²) in [5.74, 6) is 0.631. The second-order valence-electron chi connectivity index (χ2n) is 7.77. The number of carbonyl (C=O) groups is 1. The van der Waals surface area contributed by atoms with Crippen LogP contribution < -0.4 is 14.5 Å². The number of carbonyl (C=O) groups excluding carboxylic acids is 1. The van der Waals surface area contributed by atoms with Gasteiger partial charge in [-0.2, -0.15) is 0 Å². The number of benzene rings is 3. The number of hydrogen-bond acceptors (Lipinski definition) is 4. The van der Waals surface area contributed by atoms with Crippen LogP contribution in [0.4, 0.5) is 17.1 Å². The Morgan fingerprint density at radius 3 is 2.00 bits per heavy atom. The average Bonchev–Trinajstić information content (AvgIpc) is 2.81. The summed E-state index contributed by atoms with van der Waals surface area (Å²) in [5, 5.41) is 1.20. The maximum absolute atomic E-state index is 13.6. The summed E-state index contributed by atoms with van der Waals surface area (Å²) in [4.78, 5) is 19.9. The lowest BCUT2D eigenvalue weighted by atomic mass is 10.1. The van der Waals surface area contributed by atoms with Crippen LogP contribution in [-0.4, -0.2) is 51.1 Å². The van der Waals surface area contributed by atoms with Crippen LogP contribution in [0.25, 0.3) is 0 Å². The normalized spacial score (nSPS) is 14.3. The molecule has 0 aliphatic carbocycles. The van der Waals surface area contributed by atoms with Gasteiger partial charge in [-0.05, 0) is 73.8 Å². The number of rotatable bonds is 5. The maximum atomic E-state index is 13.6. The Morgan fingerprint density at radius 1 is 0.844 bits per heavy atom. The van der Waals surface area contributed by atoms with E-state index in [1.807, 2.05) is 30.3 Å². The summed E-state index contributed by atoms with van der Waals surface area (Å²) >= 11 is 12.1. The minimum atomic E-state index is -0.154. The fourth-order valence-electron chi connectivity index (χ4n) is 3.81. The number of amides is 1. The lowest BCUT2D eigenvalue weighted by Gasteiger charge is -2.35. The van der Waals surface area contributed by atoms with Crippen LogP contribution >= 0.6 is 23.2 Å². The van der Waals surface area contributed by atoms with E-state index in [-0.39, 0.29) is 5.91 Å². The molecule has 0 saturated carbocycles. The second-order valence-corrected chi connectivity index (χ2v) is 8.64. The molecular weight excluding hydrogens is 445 g/mol. The number of anilines is 3. The van der Waals surface area contributed by atoms with Gasteiger partial charge in [0.05, 0.1) is 18.5 Å². The Kier molecular flexibility index (Phi) is 6.89. The van der Waals surface area contributed by atoms with Crippen LogP contribution in [0.5, 0.6) is 5.75 Å². The van der Waals surface area contributed by atoms with E-state index >= 15 is 0 Å². The van der Waals surface area contributed by atoms with Gasteiger partial charge in [-0.15, -0.1) is 0 Å². The van der Waals surface area contributed by atoms with E-state index in [0.29, 0.717) is 15.6 Å². The minimum Gasteiger partial charge on any atom is -0.495 e. The molecule has 0 radical (unpaired) electrons. The maximum Gasteiger partial charge on any atom is 0.262 e. The highest BCUT2D eigenvalue weighted by atomic mass is 35.5. The van der Waals surface area contributed by atoms with Gasteiger partial charge in [0.2, 0.25) is 0 Å². The minimum absolute atomic E-state index is 0.154. The van der Waals surface area contributed by atoms with Gasteiger partial charge in [-0.1, -0.05) is 23.2 Å². The summed E-state index contributed by atoms with van der Waals surface area (Å²) < 4.78 is 5.65. The smallest absolute Gasteiger partial charge is 0.262 e. The summed E-state index contributed by atoms with van der Waals surface area (Å²) in [6, 6.07) is 20.0. The molecule has 1 heterocycles. The molecular formula is C25H25Cl2N3O2. The fourth-order valence-corrected chi connectivity index (χ4v) is 4.06. The number of hydrogen-bond donors (Lipinski definition) is 0. The number of methoxy groups -OCH3 is 1. The Morgan fingerprint density at radius 2 is 1.41 bits per heavy atom. The molecule has 32 heavy (non-hydrogen) atoms. The van der Waals surface area contributed by atoms with Crippen molar-refractivity contribution in [2.75, 3.05) is 50.1 Å². The van der Waals surface area contributed by atoms with Gasteiger partial charge in [0.1, 0.15) is 5.75 Å². The van der Waals surface area contributed by atoms with Crippen LogP contribution in [-0.2, 0) is 0 Å². The van der Waals surface area contributed by atoms with Gasteiger partial charge in [0, 0.05) is 47.5 Å². The third-order valence-corrected chi connectivity index (χ3v) is 6.15. The molecule has 3 aromatic carbocycles. The van der Waals surface area contributed by atoms with E-state index in [0.717, 1.165) is 49.0 Å². The van der Waals surface area contributed by atoms with Crippen LogP contribution in [0.1, 0.15) is 10.4 Å². The quantitative estimate of drug-likeness (QED) is 0.477. The summed E-state index contributed by atoms with van der Waals surface area (Å²) in [7, 11) is 3.79. The molecule has 7 heteroatoms. The van der Waals surface area contributed by atoms with E-state index < -0.39 is 0 Å². The average molecular weight is 470 g/mol. The Bertz CT molecular complexity index is 1080. The highest BCUT2D eigenvalue weighted by molar-refractivity contribution is 6.31. The van der Waals surface area contributed by atoms with Crippen LogP contribution in [0.2, 0.25) is 10.0 Å². The van der Waals surface area contributed by atoms with Crippen LogP contribution in [0.3, 0.4) is 0 Å². The molecule has 0 N–H and O–H groups in total. The van der Waals surface area contributed by atoms with Crippen LogP contribution in [0, 0.1) is 0 Å². The zero-order valence-electron chi connectivity index (χ0n) is 18.1. The van der Waals surface area contributed by atoms with Crippen molar-refractivity contribution in [3.8, 4) is 5.75 Å². The Hall–Kier alpha value is -2.73. The van der Waals surface area contributed by atoms with E-state index in [4.69, 9.17) is 27.9 Å². The molecule has 0 unspecified atom stereocenters. The number of ether oxygens (including phenoxy) is 1. The molecule has 1 amide bonds. The van der Waals surface area contributed by atoms with Crippen molar-refractivity contribution in [1.29, 1.82) is 0 Å². The molecule has 0 aromatic heterocycles. The van der Waals surface area contributed by atoms with Crippen molar-refractivity contribution in [3.63, 3.8) is 0 Å². The van der Waals surface area contributed by atoms with Gasteiger partial charge in [-0.25, -0.2) is 0 Å². The molecule has 166 valence electrons. The van der Waals surface area contributed by atoms with E-state index in [2.05, 4.69) is 16.8 Å². The molecule has 1 aliphatic heterocycles. The van der Waals surface area contributed by atoms with Crippen molar-refractivity contribution in [2.45, 2.75) is 0 Å².